The van der Waals surface area contributed by atoms with Gasteiger partial charge in [-0.2, -0.15) is 0 Å². The number of benzene rings is 1. The second kappa shape index (κ2) is 14.1. The predicted octanol–water partition coefficient (Wildman–Crippen LogP) is 4.36. The smallest absolute Gasteiger partial charge is 0.219 e. The van der Waals surface area contributed by atoms with Crippen LogP contribution in [-0.2, 0) is 11.3 Å². The molecule has 29 heavy (non-hydrogen) atoms. The summed E-state index contributed by atoms with van der Waals surface area (Å²) in [5.74, 6) is 1.77. The van der Waals surface area contributed by atoms with Crippen LogP contribution in [0.2, 0.25) is 0 Å². The van der Waals surface area contributed by atoms with Crippen LogP contribution in [0.4, 0.5) is 4.39 Å². The van der Waals surface area contributed by atoms with E-state index in [0.717, 1.165) is 37.7 Å². The second-order valence-corrected chi connectivity index (χ2v) is 6.74. The van der Waals surface area contributed by atoms with Crippen molar-refractivity contribution in [2.75, 3.05) is 26.8 Å². The first-order valence-corrected chi connectivity index (χ1v) is 9.47. The van der Waals surface area contributed by atoms with Crippen molar-refractivity contribution in [3.8, 4) is 11.6 Å². The van der Waals surface area contributed by atoms with Crippen molar-refractivity contribution in [3.63, 3.8) is 0 Å². The maximum atomic E-state index is 13.2. The lowest BCUT2D eigenvalue weighted by Crippen LogP contribution is -2.37. The molecule has 0 atom stereocenters. The monoisotopic (exact) mass is 516 g/mol. The number of hydrogen-bond donors (Lipinski definition) is 2. The van der Waals surface area contributed by atoms with Gasteiger partial charge in [-0.3, -0.25) is 4.99 Å². The molecule has 0 amide bonds. The van der Waals surface area contributed by atoms with Crippen molar-refractivity contribution in [1.82, 2.24) is 15.6 Å². The van der Waals surface area contributed by atoms with Crippen molar-refractivity contribution in [2.45, 2.75) is 26.8 Å². The number of nitrogens with one attached hydrogen (secondary N) is 2. The zero-order valence-electron chi connectivity index (χ0n) is 17.2. The molecular weight excluding hydrogens is 486 g/mol. The molecule has 1 heterocycles. The average Bonchev–Trinajstić information content (AvgIpc) is 2.68. The van der Waals surface area contributed by atoms with Crippen LogP contribution in [0.25, 0.3) is 0 Å². The van der Waals surface area contributed by atoms with Gasteiger partial charge >= 0.3 is 0 Å². The first-order valence-electron chi connectivity index (χ1n) is 9.47. The zero-order chi connectivity index (χ0) is 20.2. The number of rotatable bonds is 10. The summed E-state index contributed by atoms with van der Waals surface area (Å²) in [6, 6.07) is 9.63. The third kappa shape index (κ3) is 10.4. The molecule has 2 N–H and O–H groups in total. The number of ether oxygens (including phenoxy) is 2. The average molecular weight is 516 g/mol. The fraction of sp³-hybridized carbons (Fsp3) is 0.429. The largest absolute Gasteiger partial charge is 0.439 e. The molecule has 1 aromatic carbocycles. The number of hydrogen-bond acceptors (Lipinski definition) is 4. The van der Waals surface area contributed by atoms with Crippen LogP contribution in [0.3, 0.4) is 0 Å². The molecule has 0 saturated carbocycles. The van der Waals surface area contributed by atoms with Crippen LogP contribution in [0, 0.1) is 11.7 Å². The summed E-state index contributed by atoms with van der Waals surface area (Å²) < 4.78 is 24.3. The Labute approximate surface area is 189 Å². The van der Waals surface area contributed by atoms with E-state index in [0.29, 0.717) is 24.1 Å². The Morgan fingerprint density at radius 2 is 2.03 bits per heavy atom. The predicted molar refractivity (Wildman–Crippen MR) is 125 cm³/mol. The van der Waals surface area contributed by atoms with Gasteiger partial charge < -0.3 is 20.1 Å². The van der Waals surface area contributed by atoms with Crippen molar-refractivity contribution in [2.24, 2.45) is 10.9 Å². The highest BCUT2D eigenvalue weighted by Gasteiger charge is 2.02. The second-order valence-electron chi connectivity index (χ2n) is 6.74. The summed E-state index contributed by atoms with van der Waals surface area (Å²) in [5.41, 5.74) is 0.981. The molecule has 0 unspecified atom stereocenters. The normalized spacial score (nSPS) is 11.1. The summed E-state index contributed by atoms with van der Waals surface area (Å²) in [6.45, 7) is 7.17. The lowest BCUT2D eigenvalue weighted by molar-refractivity contribution is 0.108. The van der Waals surface area contributed by atoms with E-state index in [1.165, 1.54) is 12.1 Å². The fourth-order valence-electron chi connectivity index (χ4n) is 2.33. The molecule has 0 radical (unpaired) electrons. The molecule has 0 saturated heterocycles. The maximum absolute atomic E-state index is 13.2. The van der Waals surface area contributed by atoms with Crippen molar-refractivity contribution >= 4 is 29.9 Å². The van der Waals surface area contributed by atoms with Crippen LogP contribution in [0.1, 0.15) is 25.8 Å². The van der Waals surface area contributed by atoms with E-state index in [4.69, 9.17) is 9.47 Å². The van der Waals surface area contributed by atoms with Crippen LogP contribution in [-0.4, -0.2) is 37.7 Å². The molecule has 160 valence electrons. The Morgan fingerprint density at radius 3 is 2.69 bits per heavy atom. The topological polar surface area (TPSA) is 67.8 Å². The van der Waals surface area contributed by atoms with Gasteiger partial charge in [0.2, 0.25) is 5.88 Å². The lowest BCUT2D eigenvalue weighted by atomic mass is 10.2. The summed E-state index contributed by atoms with van der Waals surface area (Å²) in [6.07, 6.45) is 2.63. The number of guanidine groups is 1. The Morgan fingerprint density at radius 1 is 1.21 bits per heavy atom. The van der Waals surface area contributed by atoms with Crippen LogP contribution >= 0.6 is 24.0 Å². The summed E-state index contributed by atoms with van der Waals surface area (Å²) in [7, 11) is 1.73. The molecule has 2 rings (SSSR count). The standard InChI is InChI=1S/C21H29FN4O2.HI/c1-16(2)15-27-11-5-10-24-21(23-3)26-14-17-8-9-20(25-13-17)28-19-7-4-6-18(22)12-19;/h4,6-9,12-13,16H,5,10-11,14-15H2,1-3H3,(H2,23,24,26);1H. The van der Waals surface area contributed by atoms with E-state index in [1.807, 2.05) is 6.07 Å². The van der Waals surface area contributed by atoms with Crippen LogP contribution in [0.5, 0.6) is 11.6 Å². The molecule has 0 spiro atoms. The van der Waals surface area contributed by atoms with Crippen molar-refractivity contribution in [3.05, 3.63) is 54.0 Å². The van der Waals surface area contributed by atoms with Crippen LogP contribution < -0.4 is 15.4 Å². The number of pyridine rings is 1. The van der Waals surface area contributed by atoms with E-state index < -0.39 is 0 Å². The number of halogens is 2. The quantitative estimate of drug-likeness (QED) is 0.213. The maximum Gasteiger partial charge on any atom is 0.219 e. The molecule has 0 bridgehead atoms. The Kier molecular flexibility index (Phi) is 12.2. The first-order chi connectivity index (χ1) is 13.6. The molecule has 0 fully saturated rings. The van der Waals surface area contributed by atoms with E-state index >= 15 is 0 Å². The van der Waals surface area contributed by atoms with E-state index in [1.54, 1.807) is 31.4 Å². The third-order valence-electron chi connectivity index (χ3n) is 3.71. The summed E-state index contributed by atoms with van der Waals surface area (Å²) in [4.78, 5) is 8.46. The highest BCUT2D eigenvalue weighted by molar-refractivity contribution is 14.0. The fourth-order valence-corrected chi connectivity index (χ4v) is 2.33. The molecule has 1 aromatic heterocycles. The van der Waals surface area contributed by atoms with Gasteiger partial charge in [-0.05, 0) is 30.0 Å². The number of nitrogens with zero attached hydrogens (tertiary/aromatic N) is 2. The van der Waals surface area contributed by atoms with Crippen molar-refractivity contribution in [1.29, 1.82) is 0 Å². The van der Waals surface area contributed by atoms with Gasteiger partial charge in [-0.15, -0.1) is 24.0 Å². The van der Waals surface area contributed by atoms with Gasteiger partial charge in [0.1, 0.15) is 11.6 Å². The zero-order valence-corrected chi connectivity index (χ0v) is 19.5. The van der Waals surface area contributed by atoms with E-state index in [2.05, 4.69) is 34.5 Å². The molecular formula is C21H30FIN4O2. The highest BCUT2D eigenvalue weighted by Crippen LogP contribution is 2.19. The number of aromatic nitrogens is 1. The molecule has 0 aliphatic carbocycles. The molecule has 0 aliphatic rings. The molecule has 2 aromatic rings. The SMILES string of the molecule is CN=C(NCCCOCC(C)C)NCc1ccc(Oc2cccc(F)c2)nc1.I. The van der Waals surface area contributed by atoms with Crippen LogP contribution in [0.15, 0.2) is 47.6 Å². The molecule has 6 nitrogen and oxygen atoms in total. The summed E-state index contributed by atoms with van der Waals surface area (Å²) in [5, 5.41) is 6.49. The Bertz CT molecular complexity index is 742. The van der Waals surface area contributed by atoms with Gasteiger partial charge in [0.15, 0.2) is 5.96 Å². The lowest BCUT2D eigenvalue weighted by Gasteiger charge is -2.12. The summed E-state index contributed by atoms with van der Waals surface area (Å²) >= 11 is 0. The van der Waals surface area contributed by atoms with Gasteiger partial charge in [0, 0.05) is 51.7 Å². The van der Waals surface area contributed by atoms with Gasteiger partial charge in [-0.25, -0.2) is 9.37 Å². The van der Waals surface area contributed by atoms with Gasteiger partial charge in [-0.1, -0.05) is 26.0 Å². The highest BCUT2D eigenvalue weighted by atomic mass is 127. The minimum atomic E-state index is -0.344. The Hall–Kier alpha value is -1.94. The minimum absolute atomic E-state index is 0. The molecule has 8 heteroatoms. The minimum Gasteiger partial charge on any atom is -0.439 e. The van der Waals surface area contributed by atoms with E-state index in [-0.39, 0.29) is 29.8 Å². The first kappa shape index (κ1) is 25.1. The van der Waals surface area contributed by atoms with Crippen molar-refractivity contribution < 1.29 is 13.9 Å². The van der Waals surface area contributed by atoms with Gasteiger partial charge in [0.05, 0.1) is 0 Å². The number of aliphatic imine (C=N–C) groups is 1. The Balaban J connectivity index is 0.00000420. The van der Waals surface area contributed by atoms with E-state index in [9.17, 15) is 4.39 Å². The third-order valence-corrected chi connectivity index (χ3v) is 3.71. The van der Waals surface area contributed by atoms with Gasteiger partial charge in [0.25, 0.3) is 0 Å². The molecule has 0 aliphatic heterocycles.